The zero-order chi connectivity index (χ0) is 36.4. The standard InChI is InChI=1S/C40H38BrN3O6S2/c41-35-18-9-8-17-34(35)37-40(24-27-52(47,48)33-15-5-2-6-16-33,43-38(50-37)29-20-22-31(23-21-29)49-26-11-25-45)39(46)44-42-28-30-12-7-10-19-36(30)51-32-13-3-1-4-14-32/h1-10,12-23,37,42,45H,11,24-28H2,(H,44,46)/t37-,40-/m0/s1. The number of aliphatic imine (C=N–C) groups is 1. The molecule has 0 fully saturated rings. The summed E-state index contributed by atoms with van der Waals surface area (Å²) >= 11 is 5.26. The molecule has 0 bridgehead atoms. The molecule has 1 heterocycles. The molecule has 0 aliphatic carbocycles. The SMILES string of the molecule is O=C(NNCc1ccccc1Sc1ccccc1)[C@@]1(CCS(=O)(=O)c2ccccc2)N=C(c2ccc(OCCCO)cc2)O[C@H]1c1ccccc1Br. The first-order valence-electron chi connectivity index (χ1n) is 16.8. The molecule has 0 unspecified atom stereocenters. The molecule has 0 saturated carbocycles. The minimum atomic E-state index is -3.81. The molecule has 9 nitrogen and oxygen atoms in total. The lowest BCUT2D eigenvalue weighted by atomic mass is 9.85. The van der Waals surface area contributed by atoms with Crippen molar-refractivity contribution in [1.82, 2.24) is 10.9 Å². The van der Waals surface area contributed by atoms with Crippen LogP contribution in [0.2, 0.25) is 0 Å². The molecule has 0 radical (unpaired) electrons. The van der Waals surface area contributed by atoms with Gasteiger partial charge >= 0.3 is 0 Å². The van der Waals surface area contributed by atoms with Gasteiger partial charge in [-0.3, -0.25) is 10.2 Å². The fourth-order valence-electron chi connectivity index (χ4n) is 5.76. The topological polar surface area (TPSA) is 126 Å². The van der Waals surface area contributed by atoms with Crippen molar-refractivity contribution in [2.24, 2.45) is 4.99 Å². The molecule has 1 aliphatic heterocycles. The van der Waals surface area contributed by atoms with E-state index < -0.39 is 27.4 Å². The molecule has 6 rings (SSSR count). The van der Waals surface area contributed by atoms with Gasteiger partial charge in [-0.1, -0.05) is 100 Å². The van der Waals surface area contributed by atoms with E-state index in [9.17, 15) is 13.2 Å². The number of amides is 1. The van der Waals surface area contributed by atoms with Gasteiger partial charge in [-0.25, -0.2) is 18.8 Å². The van der Waals surface area contributed by atoms with Gasteiger partial charge in [-0.05, 0) is 66.2 Å². The van der Waals surface area contributed by atoms with Crippen LogP contribution in [0.25, 0.3) is 0 Å². The Morgan fingerprint density at radius 3 is 2.29 bits per heavy atom. The summed E-state index contributed by atoms with van der Waals surface area (Å²) in [6.45, 7) is 0.686. The number of sulfone groups is 1. The van der Waals surface area contributed by atoms with Crippen LogP contribution in [0, 0.1) is 0 Å². The van der Waals surface area contributed by atoms with Crippen LogP contribution >= 0.6 is 27.7 Å². The predicted octanol–water partition coefficient (Wildman–Crippen LogP) is 7.30. The minimum Gasteiger partial charge on any atom is -0.494 e. The monoisotopic (exact) mass is 799 g/mol. The second-order valence-corrected chi connectivity index (χ2v) is 16.1. The van der Waals surface area contributed by atoms with Gasteiger partial charge in [0.1, 0.15) is 5.75 Å². The summed E-state index contributed by atoms with van der Waals surface area (Å²) < 4.78 is 40.3. The predicted molar refractivity (Wildman–Crippen MR) is 206 cm³/mol. The molecule has 1 amide bonds. The second kappa shape index (κ2) is 17.4. The van der Waals surface area contributed by atoms with Crippen molar-refractivity contribution in [3.05, 3.63) is 155 Å². The van der Waals surface area contributed by atoms with E-state index in [4.69, 9.17) is 19.6 Å². The van der Waals surface area contributed by atoms with Gasteiger partial charge in [-0.15, -0.1) is 0 Å². The molecular weight excluding hydrogens is 762 g/mol. The van der Waals surface area contributed by atoms with Crippen LogP contribution in [0.3, 0.4) is 0 Å². The first-order valence-corrected chi connectivity index (χ1v) is 20.0. The summed E-state index contributed by atoms with van der Waals surface area (Å²) in [5.41, 5.74) is 6.48. The van der Waals surface area contributed by atoms with Crippen LogP contribution in [0.5, 0.6) is 5.75 Å². The fourth-order valence-corrected chi connectivity index (χ4v) is 8.61. The lowest BCUT2D eigenvalue weighted by Crippen LogP contribution is -2.53. The molecule has 5 aromatic carbocycles. The number of hydrogen-bond acceptors (Lipinski definition) is 9. The van der Waals surface area contributed by atoms with Gasteiger partial charge in [-0.2, -0.15) is 0 Å². The van der Waals surface area contributed by atoms with Crippen molar-refractivity contribution in [1.29, 1.82) is 0 Å². The highest BCUT2D eigenvalue weighted by Crippen LogP contribution is 2.45. The Kier molecular flexibility index (Phi) is 12.5. The van der Waals surface area contributed by atoms with E-state index in [-0.39, 0.29) is 29.6 Å². The highest BCUT2D eigenvalue weighted by Gasteiger charge is 2.54. The van der Waals surface area contributed by atoms with Crippen molar-refractivity contribution in [3.8, 4) is 5.75 Å². The number of nitrogens with zero attached hydrogens (tertiary/aromatic N) is 1. The maximum absolute atomic E-state index is 14.6. The van der Waals surface area contributed by atoms with Gasteiger partial charge in [0.2, 0.25) is 5.90 Å². The number of hydrogen-bond donors (Lipinski definition) is 3. The van der Waals surface area contributed by atoms with Gasteiger partial charge in [0.05, 0.1) is 17.3 Å². The van der Waals surface area contributed by atoms with Crippen LogP contribution in [0.1, 0.15) is 35.6 Å². The normalized spacial score (nSPS) is 16.9. The Hall–Kier alpha value is -4.46. The van der Waals surface area contributed by atoms with Crippen LogP contribution in [0.4, 0.5) is 0 Å². The smallest absolute Gasteiger partial charge is 0.266 e. The third kappa shape index (κ3) is 8.94. The number of carbonyl (C=O) groups is 1. The van der Waals surface area contributed by atoms with Gasteiger partial charge in [0.15, 0.2) is 21.5 Å². The van der Waals surface area contributed by atoms with Crippen molar-refractivity contribution in [2.45, 2.75) is 45.7 Å². The fraction of sp³-hybridized carbons (Fsp3) is 0.200. The molecule has 5 aromatic rings. The van der Waals surface area contributed by atoms with Crippen LogP contribution in [-0.2, 0) is 25.9 Å². The van der Waals surface area contributed by atoms with Gasteiger partial charge in [0.25, 0.3) is 5.91 Å². The number of aliphatic hydroxyl groups excluding tert-OH is 1. The summed E-state index contributed by atoms with van der Waals surface area (Å²) in [5, 5.41) is 9.11. The second-order valence-electron chi connectivity index (χ2n) is 12.0. The molecular formula is C40H38BrN3O6S2. The van der Waals surface area contributed by atoms with E-state index in [2.05, 4.69) is 26.8 Å². The maximum atomic E-state index is 14.6. The summed E-state index contributed by atoms with van der Waals surface area (Å²) in [4.78, 5) is 21.9. The number of nitrogens with one attached hydrogen (secondary N) is 2. The molecule has 268 valence electrons. The number of benzene rings is 5. The number of hydrazine groups is 1. The van der Waals surface area contributed by atoms with Crippen molar-refractivity contribution in [3.63, 3.8) is 0 Å². The summed E-state index contributed by atoms with van der Waals surface area (Å²) in [7, 11) is -3.81. The average Bonchev–Trinajstić information content (AvgIpc) is 3.57. The van der Waals surface area contributed by atoms with E-state index in [1.807, 2.05) is 78.9 Å². The number of carbonyl (C=O) groups excluding carboxylic acids is 1. The first-order chi connectivity index (χ1) is 25.3. The van der Waals surface area contributed by atoms with Crippen molar-refractivity contribution in [2.75, 3.05) is 19.0 Å². The molecule has 52 heavy (non-hydrogen) atoms. The van der Waals surface area contributed by atoms with E-state index >= 15 is 0 Å². The summed E-state index contributed by atoms with van der Waals surface area (Å²) in [6.07, 6.45) is -0.650. The van der Waals surface area contributed by atoms with Crippen molar-refractivity contribution < 1.29 is 27.8 Å². The van der Waals surface area contributed by atoms with Gasteiger partial charge < -0.3 is 14.6 Å². The average molecular weight is 801 g/mol. The first kappa shape index (κ1) is 37.3. The van der Waals surface area contributed by atoms with E-state index in [1.54, 1.807) is 66.4 Å². The highest BCUT2D eigenvalue weighted by atomic mass is 79.9. The third-order valence-electron chi connectivity index (χ3n) is 8.50. The van der Waals surface area contributed by atoms with Crippen LogP contribution in [-0.4, -0.2) is 49.8 Å². The largest absolute Gasteiger partial charge is 0.494 e. The Labute approximate surface area is 316 Å². The molecule has 12 heteroatoms. The highest BCUT2D eigenvalue weighted by molar-refractivity contribution is 9.10. The number of ether oxygens (including phenoxy) is 2. The lowest BCUT2D eigenvalue weighted by Gasteiger charge is -2.31. The minimum absolute atomic E-state index is 0.0251. The van der Waals surface area contributed by atoms with E-state index in [1.165, 1.54) is 0 Å². The van der Waals surface area contributed by atoms with Crippen LogP contribution in [0.15, 0.2) is 158 Å². The molecule has 1 aliphatic rings. The lowest BCUT2D eigenvalue weighted by molar-refractivity contribution is -0.130. The molecule has 0 spiro atoms. The Balaban J connectivity index is 1.33. The van der Waals surface area contributed by atoms with Crippen LogP contribution < -0.4 is 15.6 Å². The Morgan fingerprint density at radius 1 is 0.885 bits per heavy atom. The van der Waals surface area contributed by atoms with Gasteiger partial charge in [0, 0.05) is 51.4 Å². The summed E-state index contributed by atoms with van der Waals surface area (Å²) in [6, 6.07) is 40.6. The van der Waals surface area contributed by atoms with Crippen molar-refractivity contribution >= 4 is 49.3 Å². The molecule has 0 aromatic heterocycles. The summed E-state index contributed by atoms with van der Waals surface area (Å²) in [5.74, 6) is -0.103. The zero-order valence-electron chi connectivity index (χ0n) is 28.2. The quantitative estimate of drug-likeness (QED) is 0.0702. The molecule has 0 saturated heterocycles. The Bertz CT molecular complexity index is 2100. The zero-order valence-corrected chi connectivity index (χ0v) is 31.4. The third-order valence-corrected chi connectivity index (χ3v) is 12.1. The number of halogens is 1. The van der Waals surface area contributed by atoms with E-state index in [0.717, 1.165) is 15.4 Å². The number of aliphatic hydroxyl groups is 1. The van der Waals surface area contributed by atoms with E-state index in [0.29, 0.717) is 40.9 Å². The molecule has 2 atom stereocenters. The number of rotatable bonds is 16. The Morgan fingerprint density at radius 2 is 1.56 bits per heavy atom. The maximum Gasteiger partial charge on any atom is 0.266 e. The molecule has 3 N–H and O–H groups in total.